The maximum atomic E-state index is 4.48. The molecule has 1 aliphatic carbocycles. The Morgan fingerprint density at radius 1 is 1.03 bits per heavy atom. The Morgan fingerprint density at radius 2 is 1.71 bits per heavy atom. The summed E-state index contributed by atoms with van der Waals surface area (Å²) in [6.45, 7) is 29.3. The molecule has 1 atom stereocenters. The van der Waals surface area contributed by atoms with Crippen LogP contribution in [0.5, 0.6) is 0 Å². The van der Waals surface area contributed by atoms with Crippen LogP contribution < -0.4 is 5.32 Å². The third kappa shape index (κ3) is 8.97. The average Bonchev–Trinajstić information content (AvgIpc) is 2.79. The van der Waals surface area contributed by atoms with Crippen molar-refractivity contribution in [2.75, 3.05) is 0 Å². The zero-order chi connectivity index (χ0) is 25.3. The van der Waals surface area contributed by atoms with E-state index in [0.717, 1.165) is 44.1 Å². The van der Waals surface area contributed by atoms with E-state index in [4.69, 9.17) is 0 Å². The third-order valence-corrected chi connectivity index (χ3v) is 7.70. The van der Waals surface area contributed by atoms with Gasteiger partial charge in [-0.1, -0.05) is 69.9 Å². The summed E-state index contributed by atoms with van der Waals surface area (Å²) >= 11 is 0. The first-order chi connectivity index (χ1) is 16.1. The van der Waals surface area contributed by atoms with Gasteiger partial charge in [-0.2, -0.15) is 0 Å². The minimum Gasteiger partial charge on any atom is -0.385 e. The van der Waals surface area contributed by atoms with Crippen molar-refractivity contribution in [3.05, 3.63) is 78.0 Å². The summed E-state index contributed by atoms with van der Waals surface area (Å²) in [5.74, 6) is 2.83. The predicted octanol–water partition coefficient (Wildman–Crippen LogP) is 9.66. The quantitative estimate of drug-likeness (QED) is 0.272. The van der Waals surface area contributed by atoms with Crippen LogP contribution in [0.25, 0.3) is 5.57 Å². The Balaban J connectivity index is 1.94. The molecule has 0 saturated heterocycles. The lowest BCUT2D eigenvalue weighted by Gasteiger charge is -2.31. The first kappa shape index (κ1) is 28.2. The molecule has 0 spiro atoms. The van der Waals surface area contributed by atoms with Crippen molar-refractivity contribution in [3.8, 4) is 0 Å². The Labute approximate surface area is 211 Å². The van der Waals surface area contributed by atoms with Crippen LogP contribution >= 0.6 is 0 Å². The van der Waals surface area contributed by atoms with Crippen molar-refractivity contribution < 1.29 is 0 Å². The van der Waals surface area contributed by atoms with E-state index in [-0.39, 0.29) is 0 Å². The monoisotopic (exact) mass is 461 g/mol. The molecule has 1 fully saturated rings. The van der Waals surface area contributed by atoms with Gasteiger partial charge < -0.3 is 5.32 Å². The molecule has 0 radical (unpaired) electrons. The molecule has 1 nitrogen and oxygen atoms in total. The van der Waals surface area contributed by atoms with Crippen molar-refractivity contribution in [1.82, 2.24) is 5.32 Å². The van der Waals surface area contributed by atoms with E-state index >= 15 is 0 Å². The number of aryl methyl sites for hydroxylation is 1. The average molecular weight is 462 g/mol. The van der Waals surface area contributed by atoms with Crippen LogP contribution in [0.2, 0.25) is 0 Å². The fraction of sp³-hybridized carbons (Fsp3) is 0.576. The number of rotatable bonds is 14. The van der Waals surface area contributed by atoms with Gasteiger partial charge in [0.1, 0.15) is 0 Å². The normalized spacial score (nSPS) is 19.0. The summed E-state index contributed by atoms with van der Waals surface area (Å²) in [6, 6.07) is 6.92. The molecule has 0 bridgehead atoms. The molecule has 1 N–H and O–H groups in total. The molecule has 34 heavy (non-hydrogen) atoms. The summed E-state index contributed by atoms with van der Waals surface area (Å²) in [7, 11) is 0. The Morgan fingerprint density at radius 3 is 2.26 bits per heavy atom. The number of benzene rings is 1. The molecule has 188 valence electrons. The van der Waals surface area contributed by atoms with Crippen LogP contribution in [0.3, 0.4) is 0 Å². The first-order valence-corrected chi connectivity index (χ1v) is 13.6. The molecule has 2 rings (SSSR count). The highest BCUT2D eigenvalue weighted by molar-refractivity contribution is 5.67. The molecule has 1 unspecified atom stereocenters. The van der Waals surface area contributed by atoms with Crippen LogP contribution in [-0.2, 0) is 13.0 Å². The van der Waals surface area contributed by atoms with E-state index in [1.54, 1.807) is 0 Å². The molecule has 0 aromatic heterocycles. The number of hydrogen-bond donors (Lipinski definition) is 1. The second-order valence-corrected chi connectivity index (χ2v) is 11.4. The van der Waals surface area contributed by atoms with Gasteiger partial charge in [-0.15, -0.1) is 6.58 Å². The molecular weight excluding hydrogens is 410 g/mol. The van der Waals surface area contributed by atoms with Gasteiger partial charge in [0.15, 0.2) is 0 Å². The van der Waals surface area contributed by atoms with E-state index in [2.05, 4.69) is 84.5 Å². The summed E-state index contributed by atoms with van der Waals surface area (Å²) in [6.07, 6.45) is 10.8. The predicted molar refractivity (Wildman–Crippen MR) is 153 cm³/mol. The van der Waals surface area contributed by atoms with E-state index < -0.39 is 0 Å². The summed E-state index contributed by atoms with van der Waals surface area (Å²) < 4.78 is 0. The largest absolute Gasteiger partial charge is 0.385 e. The molecule has 1 heteroatoms. The summed E-state index contributed by atoms with van der Waals surface area (Å²) in [4.78, 5) is 0. The SMILES string of the molecule is C=C(C)CCC(CC(=C)c1ccc(CNC(=C)C2CCC(CC(C)C)CC2)cc1CC)C(=C)C. The van der Waals surface area contributed by atoms with E-state index in [0.29, 0.717) is 11.8 Å². The lowest BCUT2D eigenvalue weighted by atomic mass is 9.77. The zero-order valence-electron chi connectivity index (χ0n) is 22.9. The van der Waals surface area contributed by atoms with Crippen LogP contribution in [0, 0.1) is 23.7 Å². The van der Waals surface area contributed by atoms with Crippen LogP contribution in [0.1, 0.15) is 103 Å². The molecule has 1 aliphatic rings. The lowest BCUT2D eigenvalue weighted by molar-refractivity contribution is 0.259. The number of nitrogens with one attached hydrogen (secondary N) is 1. The molecule has 0 aliphatic heterocycles. The Kier molecular flexibility index (Phi) is 11.4. The summed E-state index contributed by atoms with van der Waals surface area (Å²) in [5.41, 5.74) is 9.00. The highest BCUT2D eigenvalue weighted by Gasteiger charge is 2.23. The number of hydrogen-bond acceptors (Lipinski definition) is 1. The first-order valence-electron chi connectivity index (χ1n) is 13.6. The molecule has 1 saturated carbocycles. The van der Waals surface area contributed by atoms with Gasteiger partial charge >= 0.3 is 0 Å². The van der Waals surface area contributed by atoms with Gasteiger partial charge in [0.25, 0.3) is 0 Å². The highest BCUT2D eigenvalue weighted by atomic mass is 14.9. The summed E-state index contributed by atoms with van der Waals surface area (Å²) in [5, 5.41) is 3.66. The topological polar surface area (TPSA) is 12.0 Å². The van der Waals surface area contributed by atoms with Gasteiger partial charge in [-0.3, -0.25) is 0 Å². The molecule has 0 heterocycles. The van der Waals surface area contributed by atoms with Gasteiger partial charge in [0, 0.05) is 12.2 Å². The van der Waals surface area contributed by atoms with Crippen molar-refractivity contribution in [1.29, 1.82) is 0 Å². The van der Waals surface area contributed by atoms with Crippen molar-refractivity contribution in [2.45, 2.75) is 99.0 Å². The smallest absolute Gasteiger partial charge is 0.0397 e. The van der Waals surface area contributed by atoms with Crippen molar-refractivity contribution in [2.24, 2.45) is 23.7 Å². The maximum Gasteiger partial charge on any atom is 0.0397 e. The standard InChI is InChI=1S/C33H51N/c1-10-30-21-29(22-34-27(9)31-16-12-28(13-17-31)19-24(4)5)14-18-33(30)26(8)20-32(25(6)7)15-11-23(2)3/h14,18,21,24,28,31-32,34H,2,6,8-13,15-17,19-20,22H2,1,3-5,7H3. The fourth-order valence-electron chi connectivity index (χ4n) is 5.52. The zero-order valence-corrected chi connectivity index (χ0v) is 22.9. The molecular formula is C33H51N. The highest BCUT2D eigenvalue weighted by Crippen LogP contribution is 2.35. The van der Waals surface area contributed by atoms with Gasteiger partial charge in [-0.05, 0) is 118 Å². The molecule has 1 aromatic rings. The van der Waals surface area contributed by atoms with Crippen molar-refractivity contribution >= 4 is 5.57 Å². The third-order valence-electron chi connectivity index (χ3n) is 7.70. The van der Waals surface area contributed by atoms with Crippen molar-refractivity contribution in [3.63, 3.8) is 0 Å². The van der Waals surface area contributed by atoms with Crippen LogP contribution in [-0.4, -0.2) is 0 Å². The van der Waals surface area contributed by atoms with Gasteiger partial charge in [0.05, 0.1) is 0 Å². The molecule has 1 aromatic carbocycles. The second-order valence-electron chi connectivity index (χ2n) is 11.4. The minimum absolute atomic E-state index is 0.467. The second kappa shape index (κ2) is 13.8. The van der Waals surface area contributed by atoms with Crippen LogP contribution in [0.4, 0.5) is 0 Å². The molecule has 0 amide bonds. The fourth-order valence-corrected chi connectivity index (χ4v) is 5.52. The van der Waals surface area contributed by atoms with Crippen LogP contribution in [0.15, 0.2) is 61.4 Å². The van der Waals surface area contributed by atoms with E-state index in [9.17, 15) is 0 Å². The lowest BCUT2D eigenvalue weighted by Crippen LogP contribution is -2.24. The van der Waals surface area contributed by atoms with Gasteiger partial charge in [0.2, 0.25) is 0 Å². The van der Waals surface area contributed by atoms with E-state index in [1.165, 1.54) is 71.2 Å². The Bertz CT molecular complexity index is 847. The number of allylic oxidation sites excluding steroid dienone is 4. The van der Waals surface area contributed by atoms with E-state index in [1.807, 2.05) is 0 Å². The Hall–Kier alpha value is -2.02. The maximum absolute atomic E-state index is 4.48. The minimum atomic E-state index is 0.467. The van der Waals surface area contributed by atoms with Gasteiger partial charge in [-0.25, -0.2) is 0 Å².